The minimum atomic E-state index is -1.80. The van der Waals surface area contributed by atoms with Crippen LogP contribution < -0.4 is 0 Å². The molecule has 0 aliphatic carbocycles. The van der Waals surface area contributed by atoms with Gasteiger partial charge in [-0.3, -0.25) is 0 Å². The highest BCUT2D eigenvalue weighted by molar-refractivity contribution is 8.02. The molecule has 0 saturated heterocycles. The largest absolute Gasteiger partial charge is 0.463 e. The fraction of sp³-hybridized carbons (Fsp3) is 0.333. The lowest BCUT2D eigenvalue weighted by atomic mass is 10.0. The third kappa shape index (κ3) is 2.76. The van der Waals surface area contributed by atoms with Crippen molar-refractivity contribution in [3.8, 4) is 0 Å². The van der Waals surface area contributed by atoms with Gasteiger partial charge >= 0.3 is 16.9 Å². The number of rotatable bonds is 4. The summed E-state index contributed by atoms with van der Waals surface area (Å²) < 4.78 is 15.9. The number of thioether (sulfide) groups is 1. The van der Waals surface area contributed by atoms with Gasteiger partial charge in [-0.1, -0.05) is 42.1 Å². The molecule has 1 heterocycles. The van der Waals surface area contributed by atoms with E-state index >= 15 is 0 Å². The minimum absolute atomic E-state index is 0.140. The second kappa shape index (κ2) is 6.83. The van der Waals surface area contributed by atoms with Gasteiger partial charge < -0.3 is 14.2 Å². The van der Waals surface area contributed by atoms with E-state index in [2.05, 4.69) is 0 Å². The van der Waals surface area contributed by atoms with Gasteiger partial charge in [0.25, 0.3) is 0 Å². The molecular formula is C18H18O5S. The summed E-state index contributed by atoms with van der Waals surface area (Å²) in [5.74, 6) is -1.46. The maximum atomic E-state index is 12.4. The number of ether oxygens (including phenoxy) is 3. The van der Waals surface area contributed by atoms with Gasteiger partial charge in [-0.25, -0.2) is 9.59 Å². The lowest BCUT2D eigenvalue weighted by molar-refractivity contribution is -0.179. The van der Waals surface area contributed by atoms with Crippen molar-refractivity contribution in [2.45, 2.75) is 30.3 Å². The Labute approximate surface area is 144 Å². The molecule has 126 valence electrons. The second-order valence-electron chi connectivity index (χ2n) is 5.21. The highest BCUT2D eigenvalue weighted by atomic mass is 32.2. The molecule has 2 aromatic rings. The molecule has 24 heavy (non-hydrogen) atoms. The van der Waals surface area contributed by atoms with Crippen LogP contribution in [-0.2, 0) is 30.4 Å². The van der Waals surface area contributed by atoms with Crippen LogP contribution in [0.25, 0.3) is 10.8 Å². The summed E-state index contributed by atoms with van der Waals surface area (Å²) in [5.41, 5.74) is 0.960. The summed E-state index contributed by atoms with van der Waals surface area (Å²) in [5, 5.41) is 2.13. The maximum absolute atomic E-state index is 12.4. The van der Waals surface area contributed by atoms with Crippen molar-refractivity contribution in [1.82, 2.24) is 0 Å². The normalized spacial score (nSPS) is 15.6. The van der Waals surface area contributed by atoms with Crippen LogP contribution in [0.4, 0.5) is 0 Å². The summed E-state index contributed by atoms with van der Waals surface area (Å²) in [6.07, 6.45) is 0. The van der Waals surface area contributed by atoms with Gasteiger partial charge in [0.15, 0.2) is 0 Å². The lowest BCUT2D eigenvalue weighted by Gasteiger charge is -2.33. The van der Waals surface area contributed by atoms with E-state index in [0.717, 1.165) is 33.0 Å². The van der Waals surface area contributed by atoms with Crippen molar-refractivity contribution >= 4 is 34.5 Å². The molecular weight excluding hydrogens is 328 g/mol. The van der Waals surface area contributed by atoms with Crippen molar-refractivity contribution < 1.29 is 23.8 Å². The molecule has 0 spiro atoms. The maximum Gasteiger partial charge on any atom is 0.361 e. The molecule has 0 bridgehead atoms. The summed E-state index contributed by atoms with van der Waals surface area (Å²) in [6, 6.07) is 11.8. The minimum Gasteiger partial charge on any atom is -0.463 e. The van der Waals surface area contributed by atoms with E-state index in [0.29, 0.717) is 0 Å². The molecule has 1 aliphatic heterocycles. The Morgan fingerprint density at radius 3 is 2.42 bits per heavy atom. The van der Waals surface area contributed by atoms with Gasteiger partial charge in [0.2, 0.25) is 0 Å². The van der Waals surface area contributed by atoms with Crippen molar-refractivity contribution in [2.75, 3.05) is 13.2 Å². The molecule has 5 nitrogen and oxygen atoms in total. The standard InChI is InChI=1S/C18H18O5S/c1-3-21-16(19)18(17(20)22-4-2)23-11-14-13-8-6-5-7-12(13)9-10-15(14)24-18/h5-10H,3-4,11H2,1-2H3. The van der Waals surface area contributed by atoms with E-state index in [1.807, 2.05) is 36.4 Å². The number of fused-ring (bicyclic) bond motifs is 3. The zero-order valence-electron chi connectivity index (χ0n) is 13.5. The van der Waals surface area contributed by atoms with Crippen LogP contribution in [0.3, 0.4) is 0 Å². The van der Waals surface area contributed by atoms with Crippen molar-refractivity contribution in [2.24, 2.45) is 0 Å². The highest BCUT2D eigenvalue weighted by Crippen LogP contribution is 2.45. The van der Waals surface area contributed by atoms with Crippen molar-refractivity contribution in [3.63, 3.8) is 0 Å². The van der Waals surface area contributed by atoms with Crippen molar-refractivity contribution in [1.29, 1.82) is 0 Å². The first-order valence-electron chi connectivity index (χ1n) is 7.80. The van der Waals surface area contributed by atoms with Crippen LogP contribution in [0.15, 0.2) is 41.3 Å². The van der Waals surface area contributed by atoms with Gasteiger partial charge in [0.1, 0.15) is 0 Å². The number of carbonyl (C=O) groups excluding carboxylic acids is 2. The van der Waals surface area contributed by atoms with Crippen LogP contribution in [0.1, 0.15) is 19.4 Å². The first kappa shape index (κ1) is 16.8. The fourth-order valence-corrected chi connectivity index (χ4v) is 3.80. The van der Waals surface area contributed by atoms with E-state index < -0.39 is 16.9 Å². The first-order valence-corrected chi connectivity index (χ1v) is 8.62. The average molecular weight is 346 g/mol. The summed E-state index contributed by atoms with van der Waals surface area (Å²) in [6.45, 7) is 3.84. The topological polar surface area (TPSA) is 61.8 Å². The van der Waals surface area contributed by atoms with Gasteiger partial charge in [-0.2, -0.15) is 0 Å². The van der Waals surface area contributed by atoms with Gasteiger partial charge in [0.05, 0.1) is 19.8 Å². The third-order valence-electron chi connectivity index (χ3n) is 3.76. The van der Waals surface area contributed by atoms with E-state index in [1.165, 1.54) is 0 Å². The van der Waals surface area contributed by atoms with E-state index in [-0.39, 0.29) is 19.8 Å². The predicted octanol–water partition coefficient (Wildman–Crippen LogP) is 3.28. The summed E-state index contributed by atoms with van der Waals surface area (Å²) in [7, 11) is 0. The Morgan fingerprint density at radius 1 is 1.08 bits per heavy atom. The Bertz CT molecular complexity index is 768. The smallest absolute Gasteiger partial charge is 0.361 e. The van der Waals surface area contributed by atoms with Crippen LogP contribution in [0.2, 0.25) is 0 Å². The van der Waals surface area contributed by atoms with Gasteiger partial charge in [-0.15, -0.1) is 0 Å². The number of benzene rings is 2. The Kier molecular flexibility index (Phi) is 4.78. The predicted molar refractivity (Wildman–Crippen MR) is 90.6 cm³/mol. The van der Waals surface area contributed by atoms with E-state index in [9.17, 15) is 9.59 Å². The van der Waals surface area contributed by atoms with Crippen LogP contribution in [0.5, 0.6) is 0 Å². The molecule has 0 aromatic heterocycles. The molecule has 0 atom stereocenters. The molecule has 6 heteroatoms. The highest BCUT2D eigenvalue weighted by Gasteiger charge is 2.54. The molecule has 0 fully saturated rings. The summed E-state index contributed by atoms with van der Waals surface area (Å²) in [4.78, 5) is 23.9. The molecule has 0 radical (unpaired) electrons. The zero-order valence-corrected chi connectivity index (χ0v) is 14.4. The molecule has 0 amide bonds. The molecule has 0 N–H and O–H groups in total. The van der Waals surface area contributed by atoms with E-state index in [1.54, 1.807) is 13.8 Å². The van der Waals surface area contributed by atoms with Gasteiger partial charge in [0, 0.05) is 4.90 Å². The number of carbonyl (C=O) groups is 2. The number of esters is 2. The molecule has 1 aliphatic rings. The average Bonchev–Trinajstić information content (AvgIpc) is 2.61. The van der Waals surface area contributed by atoms with Crippen molar-refractivity contribution in [3.05, 3.63) is 42.0 Å². The molecule has 2 aromatic carbocycles. The summed E-state index contributed by atoms with van der Waals surface area (Å²) >= 11 is 1.04. The third-order valence-corrected chi connectivity index (χ3v) is 5.10. The monoisotopic (exact) mass is 346 g/mol. The van der Waals surface area contributed by atoms with Crippen LogP contribution >= 0.6 is 11.8 Å². The number of hydrogen-bond donors (Lipinski definition) is 0. The molecule has 3 rings (SSSR count). The molecule has 0 unspecified atom stereocenters. The SMILES string of the molecule is CCOC(=O)C1(C(=O)OCC)OCc2c(ccc3ccccc23)S1. The first-order chi connectivity index (χ1) is 11.6. The number of hydrogen-bond acceptors (Lipinski definition) is 6. The van der Waals surface area contributed by atoms with Crippen LogP contribution in [0, 0.1) is 0 Å². The van der Waals surface area contributed by atoms with Gasteiger partial charge in [-0.05, 0) is 36.2 Å². The second-order valence-corrected chi connectivity index (χ2v) is 6.43. The molecule has 0 saturated carbocycles. The quantitative estimate of drug-likeness (QED) is 0.625. The fourth-order valence-electron chi connectivity index (χ4n) is 2.66. The van der Waals surface area contributed by atoms with E-state index in [4.69, 9.17) is 14.2 Å². The zero-order chi connectivity index (χ0) is 17.2. The Hall–Kier alpha value is -2.05. The Balaban J connectivity index is 2.04. The van der Waals surface area contributed by atoms with Crippen LogP contribution in [-0.4, -0.2) is 30.1 Å². The Morgan fingerprint density at radius 2 is 1.75 bits per heavy atom. The lowest BCUT2D eigenvalue weighted by Crippen LogP contribution is -2.49.